The van der Waals surface area contributed by atoms with Crippen molar-refractivity contribution in [1.29, 1.82) is 0 Å². The van der Waals surface area contributed by atoms with Crippen LogP contribution in [0.5, 0.6) is 0 Å². The molecular weight excluding hydrogens is 524 g/mol. The molecule has 2 aromatic rings. The van der Waals surface area contributed by atoms with Crippen molar-refractivity contribution in [2.24, 2.45) is 5.73 Å². The van der Waals surface area contributed by atoms with Crippen LogP contribution in [-0.4, -0.2) is 61.2 Å². The van der Waals surface area contributed by atoms with Crippen molar-refractivity contribution >= 4 is 23.8 Å². The highest BCUT2D eigenvalue weighted by molar-refractivity contribution is 5.84. The van der Waals surface area contributed by atoms with E-state index in [1.54, 1.807) is 4.90 Å². The fourth-order valence-corrected chi connectivity index (χ4v) is 5.22. The lowest BCUT2D eigenvalue weighted by molar-refractivity contribution is -0.152. The number of rotatable bonds is 15. The van der Waals surface area contributed by atoms with E-state index in [9.17, 15) is 19.2 Å². The van der Waals surface area contributed by atoms with Crippen molar-refractivity contribution in [3.05, 3.63) is 71.8 Å². The number of amides is 1. The van der Waals surface area contributed by atoms with E-state index in [-0.39, 0.29) is 12.2 Å². The third-order valence-electron chi connectivity index (χ3n) is 7.45. The van der Waals surface area contributed by atoms with E-state index in [1.165, 1.54) is 7.11 Å². The number of piperidine rings is 1. The number of ether oxygens (including phenoxy) is 3. The minimum absolute atomic E-state index is 0.0488. The van der Waals surface area contributed by atoms with Crippen LogP contribution >= 0.6 is 0 Å². The van der Waals surface area contributed by atoms with Crippen LogP contribution in [0, 0.1) is 0 Å². The van der Waals surface area contributed by atoms with Crippen molar-refractivity contribution in [3.63, 3.8) is 0 Å². The molecule has 2 aromatic carbocycles. The summed E-state index contributed by atoms with van der Waals surface area (Å²) in [5.74, 6) is -1.45. The van der Waals surface area contributed by atoms with Gasteiger partial charge in [0.05, 0.1) is 19.2 Å². The maximum atomic E-state index is 12.9. The molecule has 2 N–H and O–H groups in total. The summed E-state index contributed by atoms with van der Waals surface area (Å²) in [4.78, 5) is 51.5. The van der Waals surface area contributed by atoms with Gasteiger partial charge in [-0.2, -0.15) is 0 Å². The van der Waals surface area contributed by atoms with E-state index in [0.29, 0.717) is 32.2 Å². The predicted molar refractivity (Wildman–Crippen MR) is 154 cm³/mol. The van der Waals surface area contributed by atoms with Gasteiger partial charge in [-0.1, -0.05) is 73.5 Å². The first-order chi connectivity index (χ1) is 19.9. The van der Waals surface area contributed by atoms with Crippen molar-refractivity contribution in [1.82, 2.24) is 4.90 Å². The lowest BCUT2D eigenvalue weighted by atomic mass is 9.85. The normalized spacial score (nSPS) is 16.3. The van der Waals surface area contributed by atoms with Crippen molar-refractivity contribution in [2.75, 3.05) is 20.4 Å². The molecule has 0 spiro atoms. The zero-order valence-corrected chi connectivity index (χ0v) is 23.9. The Morgan fingerprint density at radius 3 is 2.22 bits per heavy atom. The number of hydrogen-bond acceptors (Lipinski definition) is 8. The second kappa shape index (κ2) is 17.2. The zero-order valence-electron chi connectivity index (χ0n) is 23.9. The highest BCUT2D eigenvalue weighted by atomic mass is 16.7. The standard InChI is InChI=1S/C32H42N2O7/c1-39-31(37)30(25-16-8-5-9-17-25)27-18-12-13-21-34(27)32(38)41-23-40-29(36)20-11-3-2-10-19-28(35)26(33)22-24-14-6-4-7-15-24/h4-9,14-17,26-27,30H,2-3,10-13,18-23,33H2,1H3. The fraction of sp³-hybridized carbons (Fsp3) is 0.500. The molecule has 1 saturated heterocycles. The Bertz CT molecular complexity index is 1110. The number of likely N-dealkylation sites (tertiary alicyclic amines) is 1. The topological polar surface area (TPSA) is 125 Å². The summed E-state index contributed by atoms with van der Waals surface area (Å²) < 4.78 is 15.4. The average Bonchev–Trinajstić information content (AvgIpc) is 3.00. The first kappa shape index (κ1) is 31.8. The van der Waals surface area contributed by atoms with Crippen LogP contribution in [0.4, 0.5) is 4.79 Å². The van der Waals surface area contributed by atoms with Crippen LogP contribution in [0.2, 0.25) is 0 Å². The van der Waals surface area contributed by atoms with Gasteiger partial charge in [0.1, 0.15) is 11.7 Å². The molecule has 1 amide bonds. The molecule has 1 aliphatic rings. The van der Waals surface area contributed by atoms with Gasteiger partial charge in [0.15, 0.2) is 0 Å². The number of carbonyl (C=O) groups excluding carboxylic acids is 4. The Balaban J connectivity index is 1.33. The number of Topliss-reactive ketones (excluding diaryl/α,β-unsaturated/α-hetero) is 1. The number of hydrogen-bond donors (Lipinski definition) is 1. The number of nitrogens with zero attached hydrogens (tertiary/aromatic N) is 1. The molecule has 9 nitrogen and oxygen atoms in total. The van der Waals surface area contributed by atoms with Gasteiger partial charge in [0, 0.05) is 19.4 Å². The SMILES string of the molecule is COC(=O)C(c1ccccc1)C1CCCCN1C(=O)OCOC(=O)CCCCCCC(=O)C(N)Cc1ccccc1. The summed E-state index contributed by atoms with van der Waals surface area (Å²) in [6, 6.07) is 18.1. The van der Waals surface area contributed by atoms with E-state index >= 15 is 0 Å². The Hall–Kier alpha value is -3.72. The van der Waals surface area contributed by atoms with Crippen LogP contribution in [0.3, 0.4) is 0 Å². The lowest BCUT2D eigenvalue weighted by Gasteiger charge is -2.38. The first-order valence-corrected chi connectivity index (χ1v) is 14.4. The van der Waals surface area contributed by atoms with Crippen LogP contribution in [0.25, 0.3) is 0 Å². The molecular formula is C32H42N2O7. The van der Waals surface area contributed by atoms with Crippen LogP contribution in [0.1, 0.15) is 74.8 Å². The van der Waals surface area contributed by atoms with E-state index in [1.807, 2.05) is 60.7 Å². The molecule has 0 saturated carbocycles. The molecule has 0 aliphatic carbocycles. The van der Waals surface area contributed by atoms with E-state index < -0.39 is 42.8 Å². The van der Waals surface area contributed by atoms with Gasteiger partial charge in [0.25, 0.3) is 0 Å². The van der Waals surface area contributed by atoms with Gasteiger partial charge in [-0.05, 0) is 49.7 Å². The van der Waals surface area contributed by atoms with Crippen molar-refractivity contribution < 1.29 is 33.4 Å². The van der Waals surface area contributed by atoms with Gasteiger partial charge in [-0.15, -0.1) is 0 Å². The second-order valence-electron chi connectivity index (χ2n) is 10.4. The molecule has 3 atom stereocenters. The predicted octanol–water partition coefficient (Wildman–Crippen LogP) is 4.91. The Labute approximate surface area is 242 Å². The summed E-state index contributed by atoms with van der Waals surface area (Å²) in [6.45, 7) is -0.0413. The van der Waals surface area contributed by atoms with Crippen LogP contribution < -0.4 is 5.73 Å². The number of esters is 2. The lowest BCUT2D eigenvalue weighted by Crippen LogP contribution is -2.49. The molecule has 9 heteroatoms. The van der Waals surface area contributed by atoms with E-state index in [2.05, 4.69) is 0 Å². The maximum absolute atomic E-state index is 12.9. The third kappa shape index (κ3) is 10.3. The molecule has 3 rings (SSSR count). The van der Waals surface area contributed by atoms with Gasteiger partial charge in [-0.25, -0.2) is 4.79 Å². The summed E-state index contributed by atoms with van der Waals surface area (Å²) in [5.41, 5.74) is 7.86. The number of unbranched alkanes of at least 4 members (excludes halogenated alkanes) is 3. The molecule has 3 unspecified atom stereocenters. The quantitative estimate of drug-likeness (QED) is 0.183. The molecule has 222 valence electrons. The fourth-order valence-electron chi connectivity index (χ4n) is 5.22. The minimum atomic E-state index is -0.633. The molecule has 1 aliphatic heterocycles. The average molecular weight is 567 g/mol. The Morgan fingerprint density at radius 2 is 1.54 bits per heavy atom. The summed E-state index contributed by atoms with van der Waals surface area (Å²) in [6.07, 6.45) is 5.76. The molecule has 0 radical (unpaired) electrons. The van der Waals surface area contributed by atoms with Crippen molar-refractivity contribution in [2.45, 2.75) is 82.2 Å². The summed E-state index contributed by atoms with van der Waals surface area (Å²) >= 11 is 0. The monoisotopic (exact) mass is 566 g/mol. The Kier molecular flexibility index (Phi) is 13.3. The zero-order chi connectivity index (χ0) is 29.5. The molecule has 41 heavy (non-hydrogen) atoms. The largest absolute Gasteiger partial charge is 0.468 e. The van der Waals surface area contributed by atoms with Gasteiger partial charge in [-0.3, -0.25) is 14.4 Å². The van der Waals surface area contributed by atoms with Gasteiger partial charge in [0.2, 0.25) is 6.79 Å². The molecule has 0 aromatic heterocycles. The maximum Gasteiger partial charge on any atom is 0.412 e. The smallest absolute Gasteiger partial charge is 0.412 e. The number of carbonyl (C=O) groups is 4. The second-order valence-corrected chi connectivity index (χ2v) is 10.4. The van der Waals surface area contributed by atoms with E-state index in [4.69, 9.17) is 19.9 Å². The molecule has 1 fully saturated rings. The first-order valence-electron chi connectivity index (χ1n) is 14.4. The minimum Gasteiger partial charge on any atom is -0.468 e. The van der Waals surface area contributed by atoms with Crippen molar-refractivity contribution in [3.8, 4) is 0 Å². The Morgan fingerprint density at radius 1 is 0.878 bits per heavy atom. The summed E-state index contributed by atoms with van der Waals surface area (Å²) in [7, 11) is 1.34. The summed E-state index contributed by atoms with van der Waals surface area (Å²) in [5, 5.41) is 0. The highest BCUT2D eigenvalue weighted by Crippen LogP contribution is 2.32. The van der Waals surface area contributed by atoms with Gasteiger partial charge < -0.3 is 24.8 Å². The van der Waals surface area contributed by atoms with Gasteiger partial charge >= 0.3 is 18.0 Å². The number of nitrogens with two attached hydrogens (primary N) is 1. The van der Waals surface area contributed by atoms with E-state index in [0.717, 1.165) is 43.2 Å². The number of ketones is 1. The highest BCUT2D eigenvalue weighted by Gasteiger charge is 2.39. The number of benzene rings is 2. The third-order valence-corrected chi connectivity index (χ3v) is 7.45. The number of methoxy groups -OCH3 is 1. The van der Waals surface area contributed by atoms with Crippen LogP contribution in [-0.2, 0) is 35.0 Å². The van der Waals surface area contributed by atoms with Crippen LogP contribution in [0.15, 0.2) is 60.7 Å². The molecule has 1 heterocycles. The molecule has 0 bridgehead atoms.